The molecule has 1 atom stereocenters. The van der Waals surface area contributed by atoms with Crippen molar-refractivity contribution in [3.8, 4) is 0 Å². The maximum atomic E-state index is 14.2. The minimum atomic E-state index is -0.715. The molecule has 41 heavy (non-hydrogen) atoms. The van der Waals surface area contributed by atoms with Gasteiger partial charge in [0.15, 0.2) is 0 Å². The number of carbonyl (C=O) groups is 2. The number of aromatic nitrogens is 2. The number of nitrogens with one attached hydrogen (secondary N) is 2. The topological polar surface area (TPSA) is 78.1 Å². The predicted molar refractivity (Wildman–Crippen MR) is 169 cm³/mol. The van der Waals surface area contributed by atoms with Crippen molar-refractivity contribution in [2.75, 3.05) is 12.3 Å². The number of carbonyl (C=O) groups excluding carboxylic acids is 2. The number of hydrogen-bond donors (Lipinski definition) is 2. The van der Waals surface area contributed by atoms with Crippen molar-refractivity contribution in [1.29, 1.82) is 0 Å². The molecule has 6 nitrogen and oxygen atoms in total. The van der Waals surface area contributed by atoms with Crippen LogP contribution >= 0.6 is 11.9 Å². The van der Waals surface area contributed by atoms with Gasteiger partial charge in [-0.2, -0.15) is 0 Å². The average molecular weight is 565 g/mol. The van der Waals surface area contributed by atoms with Crippen molar-refractivity contribution >= 4 is 45.3 Å². The number of likely N-dealkylation sites (N-methyl/N-ethyl adjacent to an activating group) is 1. The van der Waals surface area contributed by atoms with Gasteiger partial charge in [0.25, 0.3) is 5.91 Å². The molecule has 1 aromatic heterocycles. The second kappa shape index (κ2) is 13.5. The number of nitrogens with zero attached hydrogens (tertiary/aromatic N) is 2. The van der Waals surface area contributed by atoms with Gasteiger partial charge in [0.05, 0.1) is 12.0 Å². The molecule has 0 bridgehead atoms. The molecule has 0 aliphatic carbocycles. The SMILES string of the molecule is CCSN(CC)C(=O)C(Cc1c[nH]cn1)NC(=O)C(Cc1cccc2ccccc12)Cc1cccc2ccccc12. The van der Waals surface area contributed by atoms with Crippen LogP contribution in [0.25, 0.3) is 21.5 Å². The van der Waals surface area contributed by atoms with E-state index in [4.69, 9.17) is 0 Å². The van der Waals surface area contributed by atoms with Crippen LogP contribution in [-0.2, 0) is 28.9 Å². The number of aromatic amines is 1. The fourth-order valence-corrected chi connectivity index (χ4v) is 6.22. The minimum Gasteiger partial charge on any atom is -0.351 e. The lowest BCUT2D eigenvalue weighted by atomic mass is 9.87. The molecule has 5 rings (SSSR count). The van der Waals surface area contributed by atoms with Gasteiger partial charge in [-0.1, -0.05) is 91.9 Å². The monoisotopic (exact) mass is 564 g/mol. The Kier molecular flexibility index (Phi) is 9.36. The van der Waals surface area contributed by atoms with Crippen molar-refractivity contribution in [1.82, 2.24) is 19.6 Å². The molecule has 5 aromatic rings. The van der Waals surface area contributed by atoms with Gasteiger partial charge in [0.2, 0.25) is 5.91 Å². The highest BCUT2D eigenvalue weighted by Crippen LogP contribution is 2.26. The summed E-state index contributed by atoms with van der Waals surface area (Å²) in [5.41, 5.74) is 2.98. The molecule has 0 saturated heterocycles. The summed E-state index contributed by atoms with van der Waals surface area (Å²) in [7, 11) is 0. The molecular weight excluding hydrogens is 528 g/mol. The van der Waals surface area contributed by atoms with Gasteiger partial charge in [-0.15, -0.1) is 0 Å². The zero-order valence-corrected chi connectivity index (χ0v) is 24.4. The van der Waals surface area contributed by atoms with Gasteiger partial charge in [0.1, 0.15) is 6.04 Å². The van der Waals surface area contributed by atoms with E-state index in [2.05, 4.69) is 75.9 Å². The van der Waals surface area contributed by atoms with Gasteiger partial charge in [-0.3, -0.25) is 13.9 Å². The number of rotatable bonds is 12. The fraction of sp³-hybridized carbons (Fsp3) is 0.265. The summed E-state index contributed by atoms with van der Waals surface area (Å²) in [5, 5.41) is 7.76. The number of fused-ring (bicyclic) bond motifs is 2. The summed E-state index contributed by atoms with van der Waals surface area (Å²) in [6.45, 7) is 4.53. The molecule has 1 heterocycles. The van der Waals surface area contributed by atoms with E-state index in [9.17, 15) is 9.59 Å². The van der Waals surface area contributed by atoms with Crippen molar-refractivity contribution in [2.45, 2.75) is 39.2 Å². The first kappa shape index (κ1) is 28.4. The quantitative estimate of drug-likeness (QED) is 0.173. The van der Waals surface area contributed by atoms with Crippen LogP contribution in [0.1, 0.15) is 30.7 Å². The van der Waals surface area contributed by atoms with E-state index in [1.165, 1.54) is 11.9 Å². The average Bonchev–Trinajstić information content (AvgIpc) is 3.52. The highest BCUT2D eigenvalue weighted by molar-refractivity contribution is 7.97. The van der Waals surface area contributed by atoms with Gasteiger partial charge in [-0.25, -0.2) is 4.98 Å². The van der Waals surface area contributed by atoms with E-state index in [0.29, 0.717) is 25.8 Å². The van der Waals surface area contributed by atoms with Gasteiger partial charge in [0, 0.05) is 30.8 Å². The Morgan fingerprint density at radius 2 is 1.41 bits per heavy atom. The van der Waals surface area contributed by atoms with Gasteiger partial charge in [-0.05, 0) is 64.4 Å². The Morgan fingerprint density at radius 1 is 0.829 bits per heavy atom. The standard InChI is InChI=1S/C34H36N4O2S/c1-3-38(41-4-2)34(40)32(21-29-22-35-23-36-29)37-33(39)28(19-26-15-9-13-24-11-5-7-17-30(24)26)20-27-16-10-14-25-12-6-8-18-31(25)27/h5-18,22-23,28,32H,3-4,19-21H2,1-2H3,(H,35,36)(H,37,39). The van der Waals surface area contributed by atoms with Crippen LogP contribution in [0.2, 0.25) is 0 Å². The molecule has 0 aliphatic rings. The van der Waals surface area contributed by atoms with Crippen molar-refractivity contribution in [2.24, 2.45) is 5.92 Å². The van der Waals surface area contributed by atoms with Crippen molar-refractivity contribution in [3.05, 3.63) is 114 Å². The van der Waals surface area contributed by atoms with E-state index in [1.807, 2.05) is 38.1 Å². The largest absolute Gasteiger partial charge is 0.351 e. The Morgan fingerprint density at radius 3 is 1.95 bits per heavy atom. The maximum Gasteiger partial charge on any atom is 0.255 e. The molecule has 4 aromatic carbocycles. The van der Waals surface area contributed by atoms with Crippen LogP contribution in [0.5, 0.6) is 0 Å². The Bertz CT molecular complexity index is 1530. The summed E-state index contributed by atoms with van der Waals surface area (Å²) < 4.78 is 1.74. The lowest BCUT2D eigenvalue weighted by molar-refractivity contribution is -0.133. The van der Waals surface area contributed by atoms with E-state index in [-0.39, 0.29) is 17.7 Å². The molecule has 210 valence electrons. The van der Waals surface area contributed by atoms with Gasteiger partial charge < -0.3 is 10.3 Å². The van der Waals surface area contributed by atoms with Crippen LogP contribution in [0.3, 0.4) is 0 Å². The molecule has 1 unspecified atom stereocenters. The molecule has 0 fully saturated rings. The van der Waals surface area contributed by atoms with E-state index < -0.39 is 6.04 Å². The Hall–Kier alpha value is -4.10. The van der Waals surface area contributed by atoms with Crippen LogP contribution in [0.15, 0.2) is 97.5 Å². The fourth-order valence-electron chi connectivity index (χ4n) is 5.47. The summed E-state index contributed by atoms with van der Waals surface area (Å²) in [6.07, 6.45) is 4.81. The summed E-state index contributed by atoms with van der Waals surface area (Å²) in [6, 6.07) is 28.4. The van der Waals surface area contributed by atoms with E-state index in [1.54, 1.807) is 16.8 Å². The second-order valence-corrected chi connectivity index (χ2v) is 11.4. The molecule has 7 heteroatoms. The molecule has 0 saturated carbocycles. The third kappa shape index (κ3) is 6.80. The van der Waals surface area contributed by atoms with Crippen molar-refractivity contribution in [3.63, 3.8) is 0 Å². The summed E-state index contributed by atoms with van der Waals surface area (Å²) in [4.78, 5) is 35.2. The zero-order chi connectivity index (χ0) is 28.6. The van der Waals surface area contributed by atoms with Crippen LogP contribution in [-0.4, -0.2) is 44.4 Å². The molecule has 0 aliphatic heterocycles. The normalized spacial score (nSPS) is 12.1. The number of benzene rings is 4. The molecule has 2 amide bonds. The predicted octanol–water partition coefficient (Wildman–Crippen LogP) is 6.36. The van der Waals surface area contributed by atoms with E-state index >= 15 is 0 Å². The lowest BCUT2D eigenvalue weighted by Crippen LogP contribution is -2.50. The Balaban J connectivity index is 1.49. The highest BCUT2D eigenvalue weighted by Gasteiger charge is 2.30. The highest BCUT2D eigenvalue weighted by atomic mass is 32.2. The zero-order valence-electron chi connectivity index (χ0n) is 23.5. The first-order chi connectivity index (χ1) is 20.1. The van der Waals surface area contributed by atoms with E-state index in [0.717, 1.165) is 44.1 Å². The molecule has 0 radical (unpaired) electrons. The maximum absolute atomic E-state index is 14.2. The minimum absolute atomic E-state index is 0.107. The Labute approximate surface area is 245 Å². The van der Waals surface area contributed by atoms with Crippen LogP contribution in [0.4, 0.5) is 0 Å². The second-order valence-electron chi connectivity index (χ2n) is 10.2. The lowest BCUT2D eigenvalue weighted by Gasteiger charge is -2.27. The number of amides is 2. The molecular formula is C34H36N4O2S. The number of H-pyrrole nitrogens is 1. The number of hydrogen-bond acceptors (Lipinski definition) is 4. The van der Waals surface area contributed by atoms with Crippen molar-refractivity contribution < 1.29 is 9.59 Å². The van der Waals surface area contributed by atoms with Gasteiger partial charge >= 0.3 is 0 Å². The van der Waals surface area contributed by atoms with Crippen LogP contribution in [0, 0.1) is 5.92 Å². The first-order valence-corrected chi connectivity index (χ1v) is 15.2. The third-order valence-electron chi connectivity index (χ3n) is 7.46. The first-order valence-electron chi connectivity index (χ1n) is 14.2. The smallest absolute Gasteiger partial charge is 0.255 e. The number of imidazole rings is 1. The molecule has 0 spiro atoms. The van der Waals surface area contributed by atoms with Crippen LogP contribution < -0.4 is 5.32 Å². The summed E-state index contributed by atoms with van der Waals surface area (Å²) >= 11 is 1.47. The third-order valence-corrected chi connectivity index (χ3v) is 8.47. The summed E-state index contributed by atoms with van der Waals surface area (Å²) in [5.74, 6) is 0.157. The molecule has 2 N–H and O–H groups in total.